The Morgan fingerprint density at radius 2 is 1.97 bits per heavy atom. The molecule has 1 aromatic carbocycles. The molecule has 4 rings (SSSR count). The minimum absolute atomic E-state index is 0.0482. The molecule has 1 saturated heterocycles. The lowest BCUT2D eigenvalue weighted by Crippen LogP contribution is -2.46. The molecule has 0 amide bonds. The third-order valence-corrected chi connectivity index (χ3v) is 5.20. The first-order chi connectivity index (χ1) is 14.0. The molecule has 29 heavy (non-hydrogen) atoms. The molecule has 3 aromatic rings. The van der Waals surface area contributed by atoms with Crippen LogP contribution in [0.25, 0.3) is 10.9 Å². The molecule has 0 radical (unpaired) electrons. The third kappa shape index (κ3) is 4.11. The van der Waals surface area contributed by atoms with Gasteiger partial charge in [-0.05, 0) is 24.3 Å². The molecular weight excluding hydrogens is 392 g/mol. The van der Waals surface area contributed by atoms with Crippen molar-refractivity contribution in [2.45, 2.75) is 6.54 Å². The molecule has 3 heterocycles. The largest absolute Gasteiger partial charge is 0.354 e. The highest BCUT2D eigenvalue weighted by Crippen LogP contribution is 2.27. The highest BCUT2D eigenvalue weighted by molar-refractivity contribution is 6.30. The van der Waals surface area contributed by atoms with Gasteiger partial charge in [0.2, 0.25) is 0 Å². The first kappa shape index (κ1) is 19.1. The van der Waals surface area contributed by atoms with Crippen molar-refractivity contribution in [2.75, 3.05) is 31.1 Å². The number of benzene rings is 1. The van der Waals surface area contributed by atoms with Crippen LogP contribution >= 0.6 is 11.6 Å². The van der Waals surface area contributed by atoms with E-state index in [1.54, 1.807) is 18.3 Å². The van der Waals surface area contributed by atoms with E-state index in [2.05, 4.69) is 25.8 Å². The maximum atomic E-state index is 11.0. The van der Waals surface area contributed by atoms with Crippen LogP contribution in [0.15, 0.2) is 42.6 Å². The molecule has 0 aliphatic carbocycles. The number of pyridine rings is 2. The van der Waals surface area contributed by atoms with Crippen molar-refractivity contribution in [1.29, 1.82) is 5.26 Å². The van der Waals surface area contributed by atoms with Crippen LogP contribution in [0.3, 0.4) is 0 Å². The predicted octanol–water partition coefficient (Wildman–Crippen LogP) is 3.39. The van der Waals surface area contributed by atoms with Gasteiger partial charge in [-0.15, -0.1) is 0 Å². The highest BCUT2D eigenvalue weighted by Gasteiger charge is 2.20. The summed E-state index contributed by atoms with van der Waals surface area (Å²) in [5, 5.41) is 21.7. The molecule has 146 valence electrons. The number of non-ortho nitro benzene ring substituents is 1. The Labute approximate surface area is 172 Å². The second-order valence-electron chi connectivity index (χ2n) is 6.83. The highest BCUT2D eigenvalue weighted by atomic mass is 35.5. The van der Waals surface area contributed by atoms with Gasteiger partial charge >= 0.3 is 0 Å². The second-order valence-corrected chi connectivity index (χ2v) is 7.27. The molecule has 0 unspecified atom stereocenters. The van der Waals surface area contributed by atoms with Gasteiger partial charge in [-0.3, -0.25) is 20.0 Å². The van der Waals surface area contributed by atoms with Crippen LogP contribution in [0.5, 0.6) is 0 Å². The van der Waals surface area contributed by atoms with Gasteiger partial charge < -0.3 is 4.90 Å². The van der Waals surface area contributed by atoms with Crippen molar-refractivity contribution < 1.29 is 4.92 Å². The van der Waals surface area contributed by atoms with Crippen molar-refractivity contribution in [3.05, 3.63) is 69.0 Å². The number of nitro benzene ring substituents is 1. The van der Waals surface area contributed by atoms with Gasteiger partial charge in [-0.1, -0.05) is 11.6 Å². The number of nitrogens with zero attached hydrogens (tertiary/aromatic N) is 6. The van der Waals surface area contributed by atoms with E-state index in [4.69, 9.17) is 11.6 Å². The number of aromatic nitrogens is 2. The number of rotatable bonds is 4. The summed E-state index contributed by atoms with van der Waals surface area (Å²) < 4.78 is 0. The van der Waals surface area contributed by atoms with Gasteiger partial charge in [0.1, 0.15) is 5.82 Å². The van der Waals surface area contributed by atoms with Crippen LogP contribution in [0.4, 0.5) is 11.5 Å². The monoisotopic (exact) mass is 408 g/mol. The molecule has 0 atom stereocenters. The van der Waals surface area contributed by atoms with Gasteiger partial charge in [0.05, 0.1) is 32.8 Å². The molecule has 0 spiro atoms. The van der Waals surface area contributed by atoms with Gasteiger partial charge in [-0.2, -0.15) is 5.26 Å². The fourth-order valence-corrected chi connectivity index (χ4v) is 3.54. The Bertz CT molecular complexity index is 1100. The van der Waals surface area contributed by atoms with Crippen molar-refractivity contribution >= 4 is 34.0 Å². The lowest BCUT2D eigenvalue weighted by atomic mass is 10.1. The fourth-order valence-electron chi connectivity index (χ4n) is 3.43. The summed E-state index contributed by atoms with van der Waals surface area (Å²) in [5.74, 6) is 0.715. The molecule has 1 aliphatic heterocycles. The van der Waals surface area contributed by atoms with E-state index in [1.807, 2.05) is 12.1 Å². The summed E-state index contributed by atoms with van der Waals surface area (Å²) in [4.78, 5) is 24.0. The summed E-state index contributed by atoms with van der Waals surface area (Å²) in [6, 6.07) is 12.0. The third-order valence-electron chi connectivity index (χ3n) is 4.98. The number of hydrogen-bond donors (Lipinski definition) is 0. The van der Waals surface area contributed by atoms with Crippen molar-refractivity contribution in [3.63, 3.8) is 0 Å². The lowest BCUT2D eigenvalue weighted by Gasteiger charge is -2.35. The second kappa shape index (κ2) is 7.99. The van der Waals surface area contributed by atoms with Crippen LogP contribution < -0.4 is 4.90 Å². The van der Waals surface area contributed by atoms with Gasteiger partial charge in [0, 0.05) is 56.4 Å². The Hall–Kier alpha value is -3.28. The number of anilines is 1. The lowest BCUT2D eigenvalue weighted by molar-refractivity contribution is -0.384. The summed E-state index contributed by atoms with van der Waals surface area (Å²) in [5.41, 5.74) is 1.90. The van der Waals surface area contributed by atoms with E-state index in [0.717, 1.165) is 38.4 Å². The quantitative estimate of drug-likeness (QED) is 0.481. The van der Waals surface area contributed by atoms with Crippen molar-refractivity contribution in [3.8, 4) is 6.07 Å². The van der Waals surface area contributed by atoms with Gasteiger partial charge in [0.25, 0.3) is 5.69 Å². The van der Waals surface area contributed by atoms with Gasteiger partial charge in [0.15, 0.2) is 0 Å². The number of halogens is 1. The molecule has 1 aliphatic rings. The van der Waals surface area contributed by atoms with Crippen LogP contribution in [0.1, 0.15) is 11.3 Å². The zero-order valence-corrected chi connectivity index (χ0v) is 16.2. The van der Waals surface area contributed by atoms with Crippen LogP contribution in [0, 0.1) is 21.4 Å². The average Bonchev–Trinajstić information content (AvgIpc) is 2.74. The zero-order valence-electron chi connectivity index (χ0n) is 15.5. The molecule has 8 nitrogen and oxygen atoms in total. The molecular formula is C20H17ClN6O2. The predicted molar refractivity (Wildman–Crippen MR) is 110 cm³/mol. The molecule has 9 heteroatoms. The zero-order chi connectivity index (χ0) is 20.4. The number of piperazine rings is 1. The average molecular weight is 409 g/mol. The molecule has 0 N–H and O–H groups in total. The first-order valence-electron chi connectivity index (χ1n) is 9.10. The summed E-state index contributed by atoms with van der Waals surface area (Å²) in [6.45, 7) is 3.97. The minimum Gasteiger partial charge on any atom is -0.354 e. The van der Waals surface area contributed by atoms with Crippen molar-refractivity contribution in [1.82, 2.24) is 14.9 Å². The Morgan fingerprint density at radius 3 is 2.62 bits per heavy atom. The van der Waals surface area contributed by atoms with E-state index in [-0.39, 0.29) is 5.69 Å². The molecule has 0 bridgehead atoms. The van der Waals surface area contributed by atoms with Crippen LogP contribution in [0.2, 0.25) is 5.02 Å². The van der Waals surface area contributed by atoms with E-state index < -0.39 is 4.92 Å². The van der Waals surface area contributed by atoms with E-state index in [0.29, 0.717) is 27.3 Å². The summed E-state index contributed by atoms with van der Waals surface area (Å²) >= 11 is 5.89. The number of nitriles is 1. The normalized spacial score (nSPS) is 14.7. The maximum absolute atomic E-state index is 11.0. The number of nitro groups is 1. The SMILES string of the molecule is N#Cc1cc(N2CCN(Cc3ccc(Cl)cn3)CC2)nc2ccc([N+](=O)[O-])cc12. The van der Waals surface area contributed by atoms with Gasteiger partial charge in [-0.25, -0.2) is 4.98 Å². The Morgan fingerprint density at radius 1 is 1.17 bits per heavy atom. The van der Waals surface area contributed by atoms with Crippen LogP contribution in [-0.4, -0.2) is 46.0 Å². The van der Waals surface area contributed by atoms with Crippen LogP contribution in [-0.2, 0) is 6.54 Å². The van der Waals surface area contributed by atoms with E-state index in [1.165, 1.54) is 12.1 Å². The maximum Gasteiger partial charge on any atom is 0.270 e. The first-order valence-corrected chi connectivity index (χ1v) is 9.48. The van der Waals surface area contributed by atoms with Crippen molar-refractivity contribution in [2.24, 2.45) is 0 Å². The molecule has 1 fully saturated rings. The number of hydrogen-bond acceptors (Lipinski definition) is 7. The summed E-state index contributed by atoms with van der Waals surface area (Å²) in [7, 11) is 0. The van der Waals surface area contributed by atoms with E-state index in [9.17, 15) is 15.4 Å². The Balaban J connectivity index is 1.50. The molecule has 2 aromatic heterocycles. The Kier molecular flexibility index (Phi) is 5.25. The smallest absolute Gasteiger partial charge is 0.270 e. The van der Waals surface area contributed by atoms with E-state index >= 15 is 0 Å². The summed E-state index contributed by atoms with van der Waals surface area (Å²) in [6.07, 6.45) is 1.65. The number of fused-ring (bicyclic) bond motifs is 1. The minimum atomic E-state index is -0.469. The topological polar surface area (TPSA) is 99.2 Å². The molecule has 0 saturated carbocycles. The standard InChI is InChI=1S/C20H17ClN6O2/c21-15-1-2-16(23-12-15)13-25-5-7-26(8-6-25)20-9-14(11-22)18-10-17(27(28)29)3-4-19(18)24-20/h1-4,9-10,12H,5-8,13H2. The fraction of sp³-hybridized carbons (Fsp3) is 0.250.